The predicted octanol–water partition coefficient (Wildman–Crippen LogP) is 1.16. The molecule has 6 heteroatoms. The summed E-state index contributed by atoms with van der Waals surface area (Å²) in [6.07, 6.45) is 1.50. The maximum Gasteiger partial charge on any atom is 0.253 e. The van der Waals surface area contributed by atoms with Crippen molar-refractivity contribution in [3.63, 3.8) is 0 Å². The minimum Gasteiger partial charge on any atom is -0.385 e. The van der Waals surface area contributed by atoms with Gasteiger partial charge in [-0.25, -0.2) is 8.42 Å². The van der Waals surface area contributed by atoms with Crippen LogP contribution in [0.4, 0.5) is 5.69 Å². The van der Waals surface area contributed by atoms with Crippen molar-refractivity contribution < 1.29 is 13.2 Å². The second kappa shape index (κ2) is 5.44. The van der Waals surface area contributed by atoms with Crippen LogP contribution in [0.5, 0.6) is 0 Å². The second-order valence-corrected chi connectivity index (χ2v) is 6.25. The summed E-state index contributed by atoms with van der Waals surface area (Å²) >= 11 is 0. The first-order valence-electron chi connectivity index (χ1n) is 6.06. The molecule has 0 aromatic heterocycles. The van der Waals surface area contributed by atoms with Gasteiger partial charge in [0, 0.05) is 17.6 Å². The standard InChI is InChI=1S/C13H16N2O3S/c1-2-14-12-6-4-3-5-11(12)13(16)15-10-7-8-19(17,18)9-10/h3-8,10,14H,2,9H2,1H3,(H,15,16). The van der Waals surface area contributed by atoms with E-state index in [1.165, 1.54) is 6.08 Å². The fourth-order valence-electron chi connectivity index (χ4n) is 1.94. The third kappa shape index (κ3) is 3.35. The van der Waals surface area contributed by atoms with Crippen LogP contribution in [0.1, 0.15) is 17.3 Å². The summed E-state index contributed by atoms with van der Waals surface area (Å²) in [4.78, 5) is 12.1. The fraction of sp³-hybridized carbons (Fsp3) is 0.308. The van der Waals surface area contributed by atoms with Gasteiger partial charge in [0.25, 0.3) is 5.91 Å². The summed E-state index contributed by atoms with van der Waals surface area (Å²) in [7, 11) is -3.15. The fourth-order valence-corrected chi connectivity index (χ4v) is 3.17. The van der Waals surface area contributed by atoms with Crippen LogP contribution in [0, 0.1) is 0 Å². The van der Waals surface area contributed by atoms with E-state index in [0.717, 1.165) is 11.1 Å². The Morgan fingerprint density at radius 1 is 1.37 bits per heavy atom. The highest BCUT2D eigenvalue weighted by atomic mass is 32.2. The largest absolute Gasteiger partial charge is 0.385 e. The number of hydrogen-bond acceptors (Lipinski definition) is 4. The van der Waals surface area contributed by atoms with Gasteiger partial charge >= 0.3 is 0 Å². The Balaban J connectivity index is 2.11. The van der Waals surface area contributed by atoms with E-state index in [1.54, 1.807) is 12.1 Å². The van der Waals surface area contributed by atoms with Crippen LogP contribution in [0.2, 0.25) is 0 Å². The van der Waals surface area contributed by atoms with Crippen LogP contribution in [-0.2, 0) is 9.84 Å². The number of carbonyl (C=O) groups excluding carboxylic acids is 1. The average molecular weight is 280 g/mol. The molecule has 0 aliphatic carbocycles. The van der Waals surface area contributed by atoms with Crippen molar-refractivity contribution in [3.05, 3.63) is 41.3 Å². The molecule has 102 valence electrons. The number of anilines is 1. The minimum atomic E-state index is -3.15. The van der Waals surface area contributed by atoms with E-state index < -0.39 is 15.9 Å². The molecule has 5 nitrogen and oxygen atoms in total. The molecular weight excluding hydrogens is 264 g/mol. The normalized spacial score (nSPS) is 20.2. The number of para-hydroxylation sites is 1. The zero-order valence-electron chi connectivity index (χ0n) is 10.6. The molecule has 0 spiro atoms. The van der Waals surface area contributed by atoms with Gasteiger partial charge < -0.3 is 10.6 Å². The van der Waals surface area contributed by atoms with Crippen LogP contribution in [0.3, 0.4) is 0 Å². The monoisotopic (exact) mass is 280 g/mol. The second-order valence-electron chi connectivity index (χ2n) is 4.31. The zero-order chi connectivity index (χ0) is 13.9. The number of benzene rings is 1. The highest BCUT2D eigenvalue weighted by Gasteiger charge is 2.24. The molecule has 1 heterocycles. The van der Waals surface area contributed by atoms with Gasteiger partial charge in [0.1, 0.15) is 0 Å². The zero-order valence-corrected chi connectivity index (χ0v) is 11.4. The molecule has 0 saturated heterocycles. The molecule has 1 atom stereocenters. The van der Waals surface area contributed by atoms with Gasteiger partial charge in [-0.1, -0.05) is 12.1 Å². The van der Waals surface area contributed by atoms with Crippen LogP contribution in [-0.4, -0.2) is 32.7 Å². The summed E-state index contributed by atoms with van der Waals surface area (Å²) in [6.45, 7) is 2.66. The Morgan fingerprint density at radius 2 is 2.11 bits per heavy atom. The molecule has 2 rings (SSSR count). The van der Waals surface area contributed by atoms with E-state index in [4.69, 9.17) is 0 Å². The third-order valence-corrected chi connectivity index (χ3v) is 4.18. The Hall–Kier alpha value is -1.82. The first-order valence-corrected chi connectivity index (χ1v) is 7.78. The smallest absolute Gasteiger partial charge is 0.253 e. The van der Waals surface area contributed by atoms with Crippen molar-refractivity contribution in [2.75, 3.05) is 17.6 Å². The molecule has 1 aromatic carbocycles. The van der Waals surface area contributed by atoms with Gasteiger partial charge in [0.05, 0.1) is 17.4 Å². The van der Waals surface area contributed by atoms with Gasteiger partial charge in [-0.15, -0.1) is 0 Å². The first kappa shape index (κ1) is 13.6. The molecule has 2 N–H and O–H groups in total. The van der Waals surface area contributed by atoms with Crippen molar-refractivity contribution in [2.45, 2.75) is 13.0 Å². The van der Waals surface area contributed by atoms with E-state index in [-0.39, 0.29) is 11.7 Å². The van der Waals surface area contributed by atoms with Crippen molar-refractivity contribution in [1.29, 1.82) is 0 Å². The van der Waals surface area contributed by atoms with Crippen LogP contribution < -0.4 is 10.6 Å². The highest BCUT2D eigenvalue weighted by molar-refractivity contribution is 7.94. The average Bonchev–Trinajstić information content (AvgIpc) is 2.69. The van der Waals surface area contributed by atoms with E-state index in [1.807, 2.05) is 19.1 Å². The maximum absolute atomic E-state index is 12.1. The van der Waals surface area contributed by atoms with Crippen LogP contribution in [0.25, 0.3) is 0 Å². The first-order chi connectivity index (χ1) is 9.02. The summed E-state index contributed by atoms with van der Waals surface area (Å²) in [5.74, 6) is -0.342. The molecule has 0 radical (unpaired) electrons. The van der Waals surface area contributed by atoms with Gasteiger partial charge in [-0.05, 0) is 25.1 Å². The van der Waals surface area contributed by atoms with Crippen molar-refractivity contribution in [2.24, 2.45) is 0 Å². The molecule has 0 fully saturated rings. The lowest BCUT2D eigenvalue weighted by molar-refractivity contribution is 0.0948. The quantitative estimate of drug-likeness (QED) is 0.868. The lowest BCUT2D eigenvalue weighted by Crippen LogP contribution is -2.35. The predicted molar refractivity (Wildman–Crippen MR) is 74.8 cm³/mol. The number of hydrogen-bond donors (Lipinski definition) is 2. The van der Waals surface area contributed by atoms with Gasteiger partial charge in [-0.2, -0.15) is 0 Å². The summed E-state index contributed by atoms with van der Waals surface area (Å²) in [5, 5.41) is 6.95. The minimum absolute atomic E-state index is 0.0673. The molecule has 1 aromatic rings. The number of amides is 1. The molecule has 0 saturated carbocycles. The Labute approximate surface area is 112 Å². The molecule has 1 aliphatic rings. The Morgan fingerprint density at radius 3 is 2.74 bits per heavy atom. The Kier molecular flexibility index (Phi) is 3.90. The SMILES string of the molecule is CCNc1ccccc1C(=O)NC1C=CS(=O)(=O)C1. The number of rotatable bonds is 4. The topological polar surface area (TPSA) is 75.3 Å². The lowest BCUT2D eigenvalue weighted by Gasteiger charge is -2.13. The van der Waals surface area contributed by atoms with E-state index in [0.29, 0.717) is 12.1 Å². The highest BCUT2D eigenvalue weighted by Crippen LogP contribution is 2.16. The summed E-state index contributed by atoms with van der Waals surface area (Å²) in [5.41, 5.74) is 1.26. The molecule has 1 unspecified atom stereocenters. The molecular formula is C13H16N2O3S. The van der Waals surface area contributed by atoms with E-state index in [2.05, 4.69) is 10.6 Å². The van der Waals surface area contributed by atoms with Crippen molar-refractivity contribution in [3.8, 4) is 0 Å². The van der Waals surface area contributed by atoms with Crippen LogP contribution in [0.15, 0.2) is 35.7 Å². The molecule has 1 aliphatic heterocycles. The van der Waals surface area contributed by atoms with Gasteiger partial charge in [0.15, 0.2) is 9.84 Å². The maximum atomic E-state index is 12.1. The third-order valence-electron chi connectivity index (χ3n) is 2.79. The van der Waals surface area contributed by atoms with Crippen molar-refractivity contribution >= 4 is 21.4 Å². The van der Waals surface area contributed by atoms with Crippen LogP contribution >= 0.6 is 0 Å². The van der Waals surface area contributed by atoms with Gasteiger partial charge in [0.2, 0.25) is 0 Å². The number of sulfone groups is 1. The molecule has 19 heavy (non-hydrogen) atoms. The van der Waals surface area contributed by atoms with Crippen molar-refractivity contribution in [1.82, 2.24) is 5.32 Å². The van der Waals surface area contributed by atoms with E-state index >= 15 is 0 Å². The Bertz CT molecular complexity index is 608. The summed E-state index contributed by atoms with van der Waals surface area (Å²) < 4.78 is 22.6. The van der Waals surface area contributed by atoms with Gasteiger partial charge in [-0.3, -0.25) is 4.79 Å². The van der Waals surface area contributed by atoms with E-state index in [9.17, 15) is 13.2 Å². The summed E-state index contributed by atoms with van der Waals surface area (Å²) in [6, 6.07) is 6.69. The number of nitrogens with one attached hydrogen (secondary N) is 2. The lowest BCUT2D eigenvalue weighted by atomic mass is 10.1. The molecule has 1 amide bonds. The number of carbonyl (C=O) groups is 1. The molecule has 0 bridgehead atoms.